The van der Waals surface area contributed by atoms with Gasteiger partial charge in [-0.1, -0.05) is 46.2 Å². The number of nitrogens with one attached hydrogen (secondary N) is 1. The highest BCUT2D eigenvalue weighted by Crippen LogP contribution is 2.27. The highest BCUT2D eigenvalue weighted by molar-refractivity contribution is 5.46. The molecular weight excluding hydrogens is 251 g/mol. The Morgan fingerprint density at radius 2 is 1.95 bits per heavy atom. The van der Waals surface area contributed by atoms with Gasteiger partial charge in [-0.25, -0.2) is 4.39 Å². The Hall–Kier alpha value is -1.09. The van der Waals surface area contributed by atoms with Gasteiger partial charge in [0.15, 0.2) is 0 Å². The van der Waals surface area contributed by atoms with Crippen molar-refractivity contribution in [3.8, 4) is 0 Å². The Bertz CT molecular complexity index is 406. The Balaban J connectivity index is 2.76. The SMILES string of the molecule is CCCC(C)(CNC(C)C)CN(C)c1ccccc1F. The normalized spacial score (nSPS) is 14.3. The summed E-state index contributed by atoms with van der Waals surface area (Å²) < 4.78 is 13.9. The van der Waals surface area contributed by atoms with E-state index in [2.05, 4.69) is 33.0 Å². The maximum atomic E-state index is 13.9. The van der Waals surface area contributed by atoms with Gasteiger partial charge in [0.1, 0.15) is 5.82 Å². The molecule has 20 heavy (non-hydrogen) atoms. The molecule has 0 bridgehead atoms. The molecule has 0 amide bonds. The minimum Gasteiger partial charge on any atom is -0.372 e. The van der Waals surface area contributed by atoms with Crippen LogP contribution in [0.4, 0.5) is 10.1 Å². The molecule has 2 nitrogen and oxygen atoms in total. The average Bonchev–Trinajstić information content (AvgIpc) is 2.37. The third-order valence-electron chi connectivity index (χ3n) is 3.67. The molecule has 0 aromatic heterocycles. The van der Waals surface area contributed by atoms with Gasteiger partial charge in [-0.3, -0.25) is 0 Å². The highest BCUT2D eigenvalue weighted by atomic mass is 19.1. The maximum absolute atomic E-state index is 13.9. The van der Waals surface area contributed by atoms with Gasteiger partial charge in [-0.15, -0.1) is 0 Å². The Kier molecular flexibility index (Phi) is 6.47. The second-order valence-corrected chi connectivity index (χ2v) is 6.40. The molecule has 0 aliphatic heterocycles. The van der Waals surface area contributed by atoms with Crippen LogP contribution in [0, 0.1) is 11.2 Å². The van der Waals surface area contributed by atoms with Crippen LogP contribution in [0.1, 0.15) is 40.5 Å². The van der Waals surface area contributed by atoms with Crippen LogP contribution in [0.3, 0.4) is 0 Å². The van der Waals surface area contributed by atoms with Gasteiger partial charge in [0.05, 0.1) is 5.69 Å². The van der Waals surface area contributed by atoms with Gasteiger partial charge in [-0.05, 0) is 24.0 Å². The number of para-hydroxylation sites is 1. The van der Waals surface area contributed by atoms with Gasteiger partial charge in [0.25, 0.3) is 0 Å². The Labute approximate surface area is 123 Å². The lowest BCUT2D eigenvalue weighted by molar-refractivity contribution is 0.275. The molecule has 0 heterocycles. The third-order valence-corrected chi connectivity index (χ3v) is 3.67. The summed E-state index contributed by atoms with van der Waals surface area (Å²) in [6.07, 6.45) is 2.27. The predicted molar refractivity (Wildman–Crippen MR) is 85.8 cm³/mol. The largest absolute Gasteiger partial charge is 0.372 e. The van der Waals surface area contributed by atoms with Crippen LogP contribution in [0.15, 0.2) is 24.3 Å². The van der Waals surface area contributed by atoms with Gasteiger partial charge in [-0.2, -0.15) is 0 Å². The van der Waals surface area contributed by atoms with Crippen molar-refractivity contribution < 1.29 is 4.39 Å². The Morgan fingerprint density at radius 1 is 1.30 bits per heavy atom. The molecule has 0 aliphatic rings. The van der Waals surface area contributed by atoms with Crippen LogP contribution in [0.2, 0.25) is 0 Å². The summed E-state index contributed by atoms with van der Waals surface area (Å²) >= 11 is 0. The van der Waals surface area contributed by atoms with E-state index in [1.165, 1.54) is 6.07 Å². The molecule has 1 aromatic carbocycles. The molecule has 1 N–H and O–H groups in total. The first-order chi connectivity index (χ1) is 9.38. The smallest absolute Gasteiger partial charge is 0.146 e. The number of rotatable bonds is 8. The monoisotopic (exact) mass is 280 g/mol. The number of benzene rings is 1. The molecule has 0 saturated heterocycles. The van der Waals surface area contributed by atoms with Gasteiger partial charge in [0, 0.05) is 26.2 Å². The fourth-order valence-electron chi connectivity index (χ4n) is 2.70. The first kappa shape index (κ1) is 17.0. The molecule has 0 saturated carbocycles. The minimum absolute atomic E-state index is 0.148. The lowest BCUT2D eigenvalue weighted by atomic mass is 9.84. The van der Waals surface area contributed by atoms with Crippen molar-refractivity contribution in [2.75, 3.05) is 25.0 Å². The van der Waals surface area contributed by atoms with Crippen molar-refractivity contribution in [1.82, 2.24) is 5.32 Å². The Morgan fingerprint density at radius 3 is 2.50 bits per heavy atom. The first-order valence-corrected chi connectivity index (χ1v) is 7.57. The predicted octanol–water partition coefficient (Wildman–Crippen LogP) is 4.07. The number of anilines is 1. The van der Waals surface area contributed by atoms with Crippen LogP contribution < -0.4 is 10.2 Å². The summed E-state index contributed by atoms with van der Waals surface area (Å²) in [6, 6.07) is 7.47. The maximum Gasteiger partial charge on any atom is 0.146 e. The van der Waals surface area contributed by atoms with E-state index in [9.17, 15) is 4.39 Å². The molecule has 3 heteroatoms. The average molecular weight is 280 g/mol. The lowest BCUT2D eigenvalue weighted by Gasteiger charge is -2.36. The first-order valence-electron chi connectivity index (χ1n) is 7.57. The summed E-state index contributed by atoms with van der Waals surface area (Å²) in [6.45, 7) is 10.6. The van der Waals surface area contributed by atoms with E-state index in [1.54, 1.807) is 6.07 Å². The van der Waals surface area contributed by atoms with Crippen LogP contribution in [0.25, 0.3) is 0 Å². The van der Waals surface area contributed by atoms with Crippen LogP contribution in [-0.2, 0) is 0 Å². The lowest BCUT2D eigenvalue weighted by Crippen LogP contribution is -2.43. The van der Waals surface area contributed by atoms with Crippen LogP contribution >= 0.6 is 0 Å². The van der Waals surface area contributed by atoms with Crippen molar-refractivity contribution in [2.45, 2.75) is 46.6 Å². The van der Waals surface area contributed by atoms with Crippen molar-refractivity contribution in [2.24, 2.45) is 5.41 Å². The van der Waals surface area contributed by atoms with E-state index in [0.29, 0.717) is 11.7 Å². The number of hydrogen-bond donors (Lipinski definition) is 1. The van der Waals surface area contributed by atoms with E-state index in [1.807, 2.05) is 24.1 Å². The summed E-state index contributed by atoms with van der Waals surface area (Å²) in [7, 11) is 1.97. The molecule has 1 atom stereocenters. The molecule has 1 aromatic rings. The van der Waals surface area contributed by atoms with Crippen LogP contribution in [0.5, 0.6) is 0 Å². The van der Waals surface area contributed by atoms with Crippen molar-refractivity contribution >= 4 is 5.69 Å². The molecular formula is C17H29FN2. The van der Waals surface area contributed by atoms with Crippen molar-refractivity contribution in [3.63, 3.8) is 0 Å². The zero-order valence-electron chi connectivity index (χ0n) is 13.5. The van der Waals surface area contributed by atoms with Crippen molar-refractivity contribution in [1.29, 1.82) is 0 Å². The fraction of sp³-hybridized carbons (Fsp3) is 0.647. The zero-order chi connectivity index (χ0) is 15.2. The van der Waals surface area contributed by atoms with Crippen molar-refractivity contribution in [3.05, 3.63) is 30.1 Å². The summed E-state index contributed by atoms with van der Waals surface area (Å²) in [5, 5.41) is 3.52. The number of halogens is 1. The fourth-order valence-corrected chi connectivity index (χ4v) is 2.70. The summed E-state index contributed by atoms with van der Waals surface area (Å²) in [4.78, 5) is 2.03. The van der Waals surface area contributed by atoms with Crippen LogP contribution in [-0.4, -0.2) is 26.2 Å². The van der Waals surface area contributed by atoms with E-state index in [4.69, 9.17) is 0 Å². The van der Waals surface area contributed by atoms with Gasteiger partial charge in [0.2, 0.25) is 0 Å². The van der Waals surface area contributed by atoms with E-state index < -0.39 is 0 Å². The number of nitrogens with zero attached hydrogens (tertiary/aromatic N) is 1. The molecule has 114 valence electrons. The molecule has 1 unspecified atom stereocenters. The quantitative estimate of drug-likeness (QED) is 0.772. The van der Waals surface area contributed by atoms with E-state index in [-0.39, 0.29) is 11.2 Å². The molecule has 0 spiro atoms. The molecule has 1 rings (SSSR count). The third kappa shape index (κ3) is 5.12. The zero-order valence-corrected chi connectivity index (χ0v) is 13.5. The number of hydrogen-bond acceptors (Lipinski definition) is 2. The van der Waals surface area contributed by atoms with Gasteiger partial charge < -0.3 is 10.2 Å². The highest BCUT2D eigenvalue weighted by Gasteiger charge is 2.26. The van der Waals surface area contributed by atoms with E-state index >= 15 is 0 Å². The van der Waals surface area contributed by atoms with E-state index in [0.717, 1.165) is 25.9 Å². The molecule has 0 radical (unpaired) electrons. The topological polar surface area (TPSA) is 15.3 Å². The summed E-state index contributed by atoms with van der Waals surface area (Å²) in [5.74, 6) is -0.148. The molecule has 0 fully saturated rings. The second-order valence-electron chi connectivity index (χ2n) is 6.40. The standard InChI is InChI=1S/C17H29FN2/c1-6-11-17(4,12-19-14(2)3)13-20(5)16-10-8-7-9-15(16)18/h7-10,14,19H,6,11-13H2,1-5H3. The summed E-state index contributed by atoms with van der Waals surface area (Å²) in [5.41, 5.74) is 0.829. The van der Waals surface area contributed by atoms with Gasteiger partial charge >= 0.3 is 0 Å². The second kappa shape index (κ2) is 7.63. The minimum atomic E-state index is -0.148. The molecule has 0 aliphatic carbocycles.